The number of carbonyl (C=O) groups is 1. The van der Waals surface area contributed by atoms with Gasteiger partial charge >= 0.3 is 0 Å². The standard InChI is InChI=1S/C21H27FN2O4S/c1-14(2)24(4)29(26,27)18-9-10-20(22)19(13-18)21(25)23-15(3)11-16-7-6-8-17(12-16)28-5/h6-10,12-15H,11H2,1-5H3,(H,23,25). The Bertz CT molecular complexity index is 976. The molecule has 0 saturated carbocycles. The SMILES string of the molecule is COc1cccc(CC(C)NC(=O)c2cc(S(=O)(=O)N(C)C(C)C)ccc2F)c1. The number of carbonyl (C=O) groups excluding carboxylic acids is 1. The van der Waals surface area contributed by atoms with Crippen molar-refractivity contribution in [1.29, 1.82) is 0 Å². The Balaban J connectivity index is 2.20. The van der Waals surface area contributed by atoms with Crippen molar-refractivity contribution in [3.05, 3.63) is 59.4 Å². The third kappa shape index (κ3) is 5.55. The molecule has 29 heavy (non-hydrogen) atoms. The van der Waals surface area contributed by atoms with Crippen LogP contribution in [0.4, 0.5) is 4.39 Å². The third-order valence-electron chi connectivity index (χ3n) is 4.64. The van der Waals surface area contributed by atoms with E-state index < -0.39 is 21.7 Å². The van der Waals surface area contributed by atoms with Gasteiger partial charge in [0.25, 0.3) is 5.91 Å². The molecule has 0 aromatic heterocycles. The second-order valence-electron chi connectivity index (χ2n) is 7.19. The van der Waals surface area contributed by atoms with Gasteiger partial charge in [0.05, 0.1) is 17.6 Å². The molecule has 158 valence electrons. The molecule has 1 amide bonds. The van der Waals surface area contributed by atoms with Crippen molar-refractivity contribution in [3.63, 3.8) is 0 Å². The highest BCUT2D eigenvalue weighted by molar-refractivity contribution is 7.89. The fourth-order valence-corrected chi connectivity index (χ4v) is 4.18. The van der Waals surface area contributed by atoms with Crippen LogP contribution < -0.4 is 10.1 Å². The molecule has 1 N–H and O–H groups in total. The monoisotopic (exact) mass is 422 g/mol. The molecular formula is C21H27FN2O4S. The second-order valence-corrected chi connectivity index (χ2v) is 9.18. The van der Waals surface area contributed by atoms with E-state index in [0.29, 0.717) is 12.2 Å². The lowest BCUT2D eigenvalue weighted by atomic mass is 10.1. The lowest BCUT2D eigenvalue weighted by Crippen LogP contribution is -2.35. The molecule has 0 radical (unpaired) electrons. The van der Waals surface area contributed by atoms with Gasteiger partial charge in [0.2, 0.25) is 10.0 Å². The molecule has 2 aromatic carbocycles. The molecule has 2 rings (SSSR count). The van der Waals surface area contributed by atoms with Gasteiger partial charge in [-0.25, -0.2) is 12.8 Å². The molecule has 0 heterocycles. The first kappa shape index (κ1) is 22.8. The summed E-state index contributed by atoms with van der Waals surface area (Å²) in [5, 5.41) is 2.73. The number of rotatable bonds is 8. The van der Waals surface area contributed by atoms with Gasteiger partial charge in [0.15, 0.2) is 0 Å². The zero-order valence-electron chi connectivity index (χ0n) is 17.3. The van der Waals surface area contributed by atoms with E-state index in [1.807, 2.05) is 24.3 Å². The van der Waals surface area contributed by atoms with Crippen LogP contribution in [0.3, 0.4) is 0 Å². The summed E-state index contributed by atoms with van der Waals surface area (Å²) in [7, 11) is -0.805. The summed E-state index contributed by atoms with van der Waals surface area (Å²) in [6, 6.07) is 10.1. The van der Waals surface area contributed by atoms with Crippen LogP contribution >= 0.6 is 0 Å². The maximum absolute atomic E-state index is 14.3. The summed E-state index contributed by atoms with van der Waals surface area (Å²) in [4.78, 5) is 12.5. The summed E-state index contributed by atoms with van der Waals surface area (Å²) >= 11 is 0. The molecule has 0 saturated heterocycles. The Hall–Kier alpha value is -2.45. The highest BCUT2D eigenvalue weighted by atomic mass is 32.2. The van der Waals surface area contributed by atoms with Crippen LogP contribution in [0.2, 0.25) is 0 Å². The molecular weight excluding hydrogens is 395 g/mol. The van der Waals surface area contributed by atoms with E-state index in [1.165, 1.54) is 17.4 Å². The van der Waals surface area contributed by atoms with Gasteiger partial charge in [-0.1, -0.05) is 12.1 Å². The van der Waals surface area contributed by atoms with Crippen molar-refractivity contribution in [2.24, 2.45) is 0 Å². The minimum atomic E-state index is -3.82. The van der Waals surface area contributed by atoms with E-state index in [4.69, 9.17) is 4.74 Å². The van der Waals surface area contributed by atoms with E-state index in [-0.39, 0.29) is 22.5 Å². The van der Waals surface area contributed by atoms with Crippen LogP contribution in [0.15, 0.2) is 47.4 Å². The molecule has 1 atom stereocenters. The highest BCUT2D eigenvalue weighted by Gasteiger charge is 2.25. The van der Waals surface area contributed by atoms with E-state index in [9.17, 15) is 17.6 Å². The number of hydrogen-bond donors (Lipinski definition) is 1. The average molecular weight is 423 g/mol. The molecule has 0 aliphatic heterocycles. The molecule has 8 heteroatoms. The van der Waals surface area contributed by atoms with Gasteiger partial charge in [-0.3, -0.25) is 4.79 Å². The highest BCUT2D eigenvalue weighted by Crippen LogP contribution is 2.20. The quantitative estimate of drug-likeness (QED) is 0.709. The number of ether oxygens (including phenoxy) is 1. The van der Waals surface area contributed by atoms with Crippen LogP contribution in [0.1, 0.15) is 36.7 Å². The van der Waals surface area contributed by atoms with E-state index >= 15 is 0 Å². The fraction of sp³-hybridized carbons (Fsp3) is 0.381. The Morgan fingerprint density at radius 3 is 2.48 bits per heavy atom. The predicted octanol–water partition coefficient (Wildman–Crippen LogP) is 3.22. The zero-order chi connectivity index (χ0) is 21.8. The van der Waals surface area contributed by atoms with Gasteiger partial charge in [-0.2, -0.15) is 4.31 Å². The topological polar surface area (TPSA) is 75.7 Å². The molecule has 0 aliphatic rings. The van der Waals surface area contributed by atoms with Gasteiger partial charge < -0.3 is 10.1 Å². The maximum atomic E-state index is 14.3. The number of hydrogen-bond acceptors (Lipinski definition) is 4. The van der Waals surface area contributed by atoms with Crippen LogP contribution in [0, 0.1) is 5.82 Å². The molecule has 0 spiro atoms. The molecule has 0 aliphatic carbocycles. The van der Waals surface area contributed by atoms with Crippen molar-refractivity contribution in [2.45, 2.75) is 44.2 Å². The van der Waals surface area contributed by atoms with Crippen LogP contribution in [-0.2, 0) is 16.4 Å². The molecule has 0 fully saturated rings. The third-order valence-corrected chi connectivity index (χ3v) is 6.67. The summed E-state index contributed by atoms with van der Waals surface area (Å²) in [5.74, 6) is -0.733. The van der Waals surface area contributed by atoms with Crippen molar-refractivity contribution >= 4 is 15.9 Å². The number of nitrogens with one attached hydrogen (secondary N) is 1. The zero-order valence-corrected chi connectivity index (χ0v) is 18.1. The summed E-state index contributed by atoms with van der Waals surface area (Å²) in [5.41, 5.74) is 0.647. The van der Waals surface area contributed by atoms with Crippen LogP contribution in [-0.4, -0.2) is 44.9 Å². The van der Waals surface area contributed by atoms with Crippen molar-refractivity contribution in [2.75, 3.05) is 14.2 Å². The van der Waals surface area contributed by atoms with Gasteiger partial charge in [-0.15, -0.1) is 0 Å². The summed E-state index contributed by atoms with van der Waals surface area (Å²) < 4.78 is 45.9. The Morgan fingerprint density at radius 2 is 1.86 bits per heavy atom. The molecule has 1 unspecified atom stereocenters. The largest absolute Gasteiger partial charge is 0.497 e. The second kappa shape index (κ2) is 9.37. The van der Waals surface area contributed by atoms with Crippen LogP contribution in [0.5, 0.6) is 5.75 Å². The van der Waals surface area contributed by atoms with Crippen LogP contribution in [0.25, 0.3) is 0 Å². The lowest BCUT2D eigenvalue weighted by molar-refractivity contribution is 0.0936. The van der Waals surface area contributed by atoms with Crippen molar-refractivity contribution in [1.82, 2.24) is 9.62 Å². The van der Waals surface area contributed by atoms with E-state index in [0.717, 1.165) is 17.7 Å². The van der Waals surface area contributed by atoms with Gasteiger partial charge in [-0.05, 0) is 63.1 Å². The first-order valence-electron chi connectivity index (χ1n) is 9.27. The van der Waals surface area contributed by atoms with Crippen molar-refractivity contribution < 1.29 is 22.3 Å². The predicted molar refractivity (Wildman–Crippen MR) is 110 cm³/mol. The Labute approximate surface area is 171 Å². The lowest BCUT2D eigenvalue weighted by Gasteiger charge is -2.21. The number of methoxy groups -OCH3 is 1. The van der Waals surface area contributed by atoms with Gasteiger partial charge in [0.1, 0.15) is 11.6 Å². The average Bonchev–Trinajstić information content (AvgIpc) is 2.67. The molecule has 2 aromatic rings. The maximum Gasteiger partial charge on any atom is 0.254 e. The Morgan fingerprint density at radius 1 is 1.17 bits per heavy atom. The van der Waals surface area contributed by atoms with E-state index in [2.05, 4.69) is 5.32 Å². The number of nitrogens with zero attached hydrogens (tertiary/aromatic N) is 1. The van der Waals surface area contributed by atoms with Crippen molar-refractivity contribution in [3.8, 4) is 5.75 Å². The number of amides is 1. The number of halogens is 1. The van der Waals surface area contributed by atoms with Gasteiger partial charge in [0, 0.05) is 19.1 Å². The first-order valence-corrected chi connectivity index (χ1v) is 10.7. The summed E-state index contributed by atoms with van der Waals surface area (Å²) in [6.07, 6.45) is 0.513. The number of sulfonamides is 1. The Kier molecular flexibility index (Phi) is 7.37. The van der Waals surface area contributed by atoms with E-state index in [1.54, 1.807) is 27.9 Å². The summed E-state index contributed by atoms with van der Waals surface area (Å²) in [6.45, 7) is 5.26. The minimum absolute atomic E-state index is 0.124. The fourth-order valence-electron chi connectivity index (χ4n) is 2.79. The molecule has 6 nitrogen and oxygen atoms in total. The normalized spacial score (nSPS) is 12.8. The smallest absolute Gasteiger partial charge is 0.254 e. The minimum Gasteiger partial charge on any atom is -0.497 e. The first-order chi connectivity index (χ1) is 13.6. The molecule has 0 bridgehead atoms. The number of benzene rings is 2.